The molecule has 1 nitrogen and oxygen atoms in total. The van der Waals surface area contributed by atoms with Crippen LogP contribution in [-0.2, 0) is 0 Å². The van der Waals surface area contributed by atoms with Crippen LogP contribution in [-0.4, -0.2) is 5.11 Å². The number of halogens is 1. The first-order valence-electron chi connectivity index (χ1n) is 3.30. The molecule has 0 aliphatic rings. The Labute approximate surface area is 60.9 Å². The van der Waals surface area contributed by atoms with Crippen molar-refractivity contribution >= 4 is 0 Å². The van der Waals surface area contributed by atoms with Gasteiger partial charge in [-0.2, -0.15) is 0 Å². The third-order valence-corrected chi connectivity index (χ3v) is 1.28. The summed E-state index contributed by atoms with van der Waals surface area (Å²) in [6.07, 6.45) is 2.15. The highest BCUT2D eigenvalue weighted by atomic mass is 19.1. The Morgan fingerprint density at radius 1 is 1.50 bits per heavy atom. The molecule has 0 aromatic heterocycles. The number of aliphatic hydroxyl groups is 1. The zero-order chi connectivity index (χ0) is 8.15. The Morgan fingerprint density at radius 2 is 2.00 bits per heavy atom. The molecule has 0 bridgehead atoms. The van der Waals surface area contributed by atoms with Gasteiger partial charge in [-0.3, -0.25) is 0 Å². The van der Waals surface area contributed by atoms with Gasteiger partial charge in [0, 0.05) is 0 Å². The predicted octanol–water partition coefficient (Wildman–Crippen LogP) is 3.10. The lowest BCUT2D eigenvalue weighted by molar-refractivity contribution is 0.388. The first-order valence-corrected chi connectivity index (χ1v) is 3.30. The highest BCUT2D eigenvalue weighted by Gasteiger charge is 1.94. The van der Waals surface area contributed by atoms with Crippen LogP contribution in [0.2, 0.25) is 0 Å². The van der Waals surface area contributed by atoms with Crippen molar-refractivity contribution in [1.29, 1.82) is 0 Å². The summed E-state index contributed by atoms with van der Waals surface area (Å²) < 4.78 is 12.5. The molecule has 58 valence electrons. The molecule has 0 unspecified atom stereocenters. The van der Waals surface area contributed by atoms with Crippen molar-refractivity contribution in [1.82, 2.24) is 0 Å². The molecule has 10 heavy (non-hydrogen) atoms. The molecule has 0 fully saturated rings. The molecular formula is C8H13FO. The summed E-state index contributed by atoms with van der Waals surface area (Å²) in [4.78, 5) is 0. The SMILES string of the molecule is CC/C(C)=C/C(F)=C(\C)O. The van der Waals surface area contributed by atoms with Crippen molar-refractivity contribution in [2.45, 2.75) is 27.2 Å². The van der Waals surface area contributed by atoms with E-state index < -0.39 is 5.83 Å². The Morgan fingerprint density at radius 3 is 2.30 bits per heavy atom. The summed E-state index contributed by atoms with van der Waals surface area (Å²) >= 11 is 0. The monoisotopic (exact) mass is 144 g/mol. The number of allylic oxidation sites excluding steroid dienone is 4. The Kier molecular flexibility index (Phi) is 3.77. The molecule has 0 spiro atoms. The van der Waals surface area contributed by atoms with Crippen LogP contribution in [0.4, 0.5) is 4.39 Å². The second kappa shape index (κ2) is 4.09. The van der Waals surface area contributed by atoms with Crippen LogP contribution in [0.15, 0.2) is 23.2 Å². The van der Waals surface area contributed by atoms with E-state index in [4.69, 9.17) is 5.11 Å². The predicted molar refractivity (Wildman–Crippen MR) is 40.5 cm³/mol. The standard InChI is InChI=1S/C8H13FO/c1-4-6(2)5-8(9)7(3)10/h5,10H,4H2,1-3H3/b6-5+,8-7-. The van der Waals surface area contributed by atoms with E-state index in [1.165, 1.54) is 13.0 Å². The highest BCUT2D eigenvalue weighted by Crippen LogP contribution is 2.09. The van der Waals surface area contributed by atoms with Gasteiger partial charge in [-0.05, 0) is 26.3 Å². The zero-order valence-corrected chi connectivity index (χ0v) is 6.61. The van der Waals surface area contributed by atoms with Gasteiger partial charge >= 0.3 is 0 Å². The molecule has 0 heterocycles. The Hall–Kier alpha value is -0.790. The van der Waals surface area contributed by atoms with Crippen molar-refractivity contribution in [2.24, 2.45) is 0 Å². The van der Waals surface area contributed by atoms with Crippen LogP contribution in [0.1, 0.15) is 27.2 Å². The van der Waals surface area contributed by atoms with Gasteiger partial charge in [0.2, 0.25) is 0 Å². The molecule has 0 saturated carbocycles. The van der Waals surface area contributed by atoms with Gasteiger partial charge in [0.05, 0.1) is 0 Å². The third kappa shape index (κ3) is 3.28. The molecular weight excluding hydrogens is 131 g/mol. The lowest BCUT2D eigenvalue weighted by Crippen LogP contribution is -1.78. The van der Waals surface area contributed by atoms with Gasteiger partial charge in [0.15, 0.2) is 5.83 Å². The van der Waals surface area contributed by atoms with Gasteiger partial charge < -0.3 is 5.11 Å². The van der Waals surface area contributed by atoms with Gasteiger partial charge in [0.25, 0.3) is 0 Å². The summed E-state index contributed by atoms with van der Waals surface area (Å²) in [5.74, 6) is -0.799. The maximum Gasteiger partial charge on any atom is 0.160 e. The summed E-state index contributed by atoms with van der Waals surface area (Å²) in [6.45, 7) is 5.09. The third-order valence-electron chi connectivity index (χ3n) is 1.28. The second-order valence-corrected chi connectivity index (χ2v) is 2.28. The molecule has 0 aromatic carbocycles. The van der Waals surface area contributed by atoms with Crippen molar-refractivity contribution in [3.05, 3.63) is 23.2 Å². The molecule has 0 saturated heterocycles. The fraction of sp³-hybridized carbons (Fsp3) is 0.500. The van der Waals surface area contributed by atoms with E-state index >= 15 is 0 Å². The normalized spacial score (nSPS) is 15.0. The van der Waals surface area contributed by atoms with E-state index in [-0.39, 0.29) is 5.76 Å². The average Bonchev–Trinajstić information content (AvgIpc) is 1.87. The Balaban J connectivity index is 4.27. The minimum atomic E-state index is -0.542. The number of rotatable bonds is 2. The molecule has 2 heteroatoms. The van der Waals surface area contributed by atoms with Crippen LogP contribution in [0.25, 0.3) is 0 Å². The Bertz CT molecular complexity index is 164. The number of aliphatic hydroxyl groups excluding tert-OH is 1. The summed E-state index contributed by atoms with van der Waals surface area (Å²) in [5.41, 5.74) is 0.922. The number of hydrogen-bond donors (Lipinski definition) is 1. The largest absolute Gasteiger partial charge is 0.510 e. The average molecular weight is 144 g/mol. The van der Waals surface area contributed by atoms with Crippen LogP contribution in [0, 0.1) is 0 Å². The first-order chi connectivity index (χ1) is 4.57. The summed E-state index contributed by atoms with van der Waals surface area (Å²) in [5, 5.41) is 8.63. The maximum absolute atomic E-state index is 12.5. The van der Waals surface area contributed by atoms with Gasteiger partial charge in [-0.15, -0.1) is 0 Å². The van der Waals surface area contributed by atoms with Crippen molar-refractivity contribution in [3.8, 4) is 0 Å². The molecule has 0 aromatic rings. The fourth-order valence-corrected chi connectivity index (χ4v) is 0.423. The molecule has 0 rings (SSSR count). The topological polar surface area (TPSA) is 20.2 Å². The van der Waals surface area contributed by atoms with Gasteiger partial charge in [-0.1, -0.05) is 12.5 Å². The smallest absolute Gasteiger partial charge is 0.160 e. The highest BCUT2D eigenvalue weighted by molar-refractivity contribution is 5.17. The van der Waals surface area contributed by atoms with E-state index in [2.05, 4.69) is 0 Å². The molecule has 0 atom stereocenters. The van der Waals surface area contributed by atoms with E-state index in [1.54, 1.807) is 0 Å². The zero-order valence-electron chi connectivity index (χ0n) is 6.61. The van der Waals surface area contributed by atoms with Crippen molar-refractivity contribution in [3.63, 3.8) is 0 Å². The number of hydrogen-bond acceptors (Lipinski definition) is 1. The summed E-state index contributed by atoms with van der Waals surface area (Å²) in [7, 11) is 0. The van der Waals surface area contributed by atoms with Crippen LogP contribution < -0.4 is 0 Å². The van der Waals surface area contributed by atoms with E-state index in [9.17, 15) is 4.39 Å². The van der Waals surface area contributed by atoms with E-state index in [0.717, 1.165) is 12.0 Å². The molecule has 1 N–H and O–H groups in total. The minimum absolute atomic E-state index is 0.257. The van der Waals surface area contributed by atoms with Gasteiger partial charge in [0.1, 0.15) is 5.76 Å². The lowest BCUT2D eigenvalue weighted by Gasteiger charge is -1.93. The minimum Gasteiger partial charge on any atom is -0.510 e. The molecule has 0 aliphatic carbocycles. The molecule has 0 aliphatic heterocycles. The fourth-order valence-electron chi connectivity index (χ4n) is 0.423. The molecule has 0 amide bonds. The maximum atomic E-state index is 12.5. The van der Waals surface area contributed by atoms with Crippen molar-refractivity contribution in [2.75, 3.05) is 0 Å². The van der Waals surface area contributed by atoms with E-state index in [1.807, 2.05) is 13.8 Å². The van der Waals surface area contributed by atoms with Crippen LogP contribution in [0.5, 0.6) is 0 Å². The second-order valence-electron chi connectivity index (χ2n) is 2.28. The van der Waals surface area contributed by atoms with Crippen LogP contribution in [0.3, 0.4) is 0 Å². The van der Waals surface area contributed by atoms with E-state index in [0.29, 0.717) is 0 Å². The van der Waals surface area contributed by atoms with Crippen molar-refractivity contribution < 1.29 is 9.50 Å². The molecule has 0 radical (unpaired) electrons. The first kappa shape index (κ1) is 9.21. The lowest BCUT2D eigenvalue weighted by atomic mass is 10.2. The quantitative estimate of drug-likeness (QED) is 0.466. The van der Waals surface area contributed by atoms with Gasteiger partial charge in [-0.25, -0.2) is 4.39 Å². The summed E-state index contributed by atoms with van der Waals surface area (Å²) in [6, 6.07) is 0. The van der Waals surface area contributed by atoms with Crippen LogP contribution >= 0.6 is 0 Å².